The zero-order valence-electron chi connectivity index (χ0n) is 10.1. The summed E-state index contributed by atoms with van der Waals surface area (Å²) in [5.41, 5.74) is 0.713. The van der Waals surface area contributed by atoms with Gasteiger partial charge in [-0.1, -0.05) is 0 Å². The van der Waals surface area contributed by atoms with E-state index in [0.717, 1.165) is 18.2 Å². The predicted molar refractivity (Wildman–Crippen MR) is 70.1 cm³/mol. The molecule has 1 aliphatic rings. The molecular formula is C14H12N2O3. The number of aromatic nitrogens is 1. The molecule has 19 heavy (non-hydrogen) atoms. The van der Waals surface area contributed by atoms with Crippen molar-refractivity contribution in [1.82, 2.24) is 4.98 Å². The molecule has 1 saturated carbocycles. The van der Waals surface area contributed by atoms with Gasteiger partial charge in [0.1, 0.15) is 0 Å². The molecule has 1 fully saturated rings. The Balaban J connectivity index is 1.96. The van der Waals surface area contributed by atoms with Crippen molar-refractivity contribution >= 4 is 28.3 Å². The lowest BCUT2D eigenvalue weighted by atomic mass is 10.1. The first kappa shape index (κ1) is 11.6. The van der Waals surface area contributed by atoms with Crippen LogP contribution in [0.1, 0.15) is 23.3 Å². The van der Waals surface area contributed by atoms with Crippen LogP contribution < -0.4 is 5.32 Å². The predicted octanol–water partition coefficient (Wildman–Crippen LogP) is 2.28. The quantitative estimate of drug-likeness (QED) is 0.883. The largest absolute Gasteiger partial charge is 0.476 e. The third-order valence-corrected chi connectivity index (χ3v) is 3.18. The van der Waals surface area contributed by atoms with Gasteiger partial charge in [0.25, 0.3) is 0 Å². The number of pyridine rings is 1. The number of rotatable bonds is 3. The van der Waals surface area contributed by atoms with Gasteiger partial charge in [-0.05, 0) is 42.5 Å². The lowest BCUT2D eigenvalue weighted by Gasteiger charge is -2.07. The van der Waals surface area contributed by atoms with Crippen LogP contribution in [0, 0.1) is 5.92 Å². The first-order valence-electron chi connectivity index (χ1n) is 6.08. The highest BCUT2D eigenvalue weighted by atomic mass is 16.4. The van der Waals surface area contributed by atoms with Crippen LogP contribution in [0.3, 0.4) is 0 Å². The number of hydrogen-bond donors (Lipinski definition) is 2. The summed E-state index contributed by atoms with van der Waals surface area (Å²) in [7, 11) is 0. The average molecular weight is 256 g/mol. The Labute approximate surface area is 109 Å². The van der Waals surface area contributed by atoms with E-state index in [1.54, 1.807) is 24.3 Å². The number of carboxylic acids is 1. The molecule has 1 amide bonds. The number of nitrogens with one attached hydrogen (secondary N) is 1. The lowest BCUT2D eigenvalue weighted by Crippen LogP contribution is -2.13. The molecule has 0 unspecified atom stereocenters. The standard InChI is InChI=1S/C14H12N2O3/c17-13(8-1-2-8)16-10-3-4-11-9(7-10)5-6-15-12(11)14(18)19/h3-8H,1-2H2,(H,16,17)(H,18,19). The fraction of sp³-hybridized carbons (Fsp3) is 0.214. The van der Waals surface area contributed by atoms with E-state index < -0.39 is 5.97 Å². The molecule has 3 rings (SSSR count). The zero-order valence-corrected chi connectivity index (χ0v) is 10.1. The molecule has 5 heteroatoms. The van der Waals surface area contributed by atoms with E-state index in [-0.39, 0.29) is 17.5 Å². The van der Waals surface area contributed by atoms with E-state index in [1.807, 2.05) is 0 Å². The first-order chi connectivity index (χ1) is 9.15. The normalized spacial score (nSPS) is 14.3. The molecule has 1 aromatic heterocycles. The van der Waals surface area contributed by atoms with Crippen molar-refractivity contribution in [3.8, 4) is 0 Å². The SMILES string of the molecule is O=C(O)c1nccc2cc(NC(=O)C3CC3)ccc12. The number of hydrogen-bond acceptors (Lipinski definition) is 3. The van der Waals surface area contributed by atoms with Gasteiger partial charge in [-0.25, -0.2) is 9.78 Å². The van der Waals surface area contributed by atoms with E-state index in [4.69, 9.17) is 5.11 Å². The Kier molecular flexibility index (Phi) is 2.67. The highest BCUT2D eigenvalue weighted by Crippen LogP contribution is 2.30. The number of anilines is 1. The second kappa shape index (κ2) is 4.35. The number of fused-ring (bicyclic) bond motifs is 1. The van der Waals surface area contributed by atoms with Crippen LogP contribution in [-0.4, -0.2) is 22.0 Å². The van der Waals surface area contributed by atoms with Crippen molar-refractivity contribution in [2.75, 3.05) is 5.32 Å². The number of nitrogens with zero attached hydrogens (tertiary/aromatic N) is 1. The van der Waals surface area contributed by atoms with Crippen LogP contribution in [0.15, 0.2) is 30.5 Å². The van der Waals surface area contributed by atoms with Crippen LogP contribution in [0.2, 0.25) is 0 Å². The van der Waals surface area contributed by atoms with Crippen molar-refractivity contribution in [3.05, 3.63) is 36.2 Å². The second-order valence-electron chi connectivity index (χ2n) is 4.66. The second-order valence-corrected chi connectivity index (χ2v) is 4.66. The zero-order chi connectivity index (χ0) is 13.4. The summed E-state index contributed by atoms with van der Waals surface area (Å²) in [5, 5.41) is 13.2. The fourth-order valence-corrected chi connectivity index (χ4v) is 2.02. The van der Waals surface area contributed by atoms with Gasteiger partial charge in [0.15, 0.2) is 5.69 Å². The summed E-state index contributed by atoms with van der Waals surface area (Å²) in [6.07, 6.45) is 3.36. The molecular weight excluding hydrogens is 244 g/mol. The highest BCUT2D eigenvalue weighted by molar-refractivity contribution is 6.03. The number of carbonyl (C=O) groups excluding carboxylic acids is 1. The Hall–Kier alpha value is -2.43. The number of carboxylic acid groups (broad SMARTS) is 1. The maximum Gasteiger partial charge on any atom is 0.355 e. The maximum atomic E-state index is 11.7. The van der Waals surface area contributed by atoms with Crippen LogP contribution in [0.4, 0.5) is 5.69 Å². The Bertz CT molecular complexity index is 677. The van der Waals surface area contributed by atoms with Crippen molar-refractivity contribution in [3.63, 3.8) is 0 Å². The molecule has 2 N–H and O–H groups in total. The lowest BCUT2D eigenvalue weighted by molar-refractivity contribution is -0.117. The van der Waals surface area contributed by atoms with Crippen molar-refractivity contribution < 1.29 is 14.7 Å². The van der Waals surface area contributed by atoms with E-state index in [1.165, 1.54) is 6.20 Å². The average Bonchev–Trinajstić information content (AvgIpc) is 3.21. The van der Waals surface area contributed by atoms with Gasteiger partial charge in [0, 0.05) is 23.2 Å². The topological polar surface area (TPSA) is 79.3 Å². The molecule has 5 nitrogen and oxygen atoms in total. The Morgan fingerprint density at radius 1 is 1.26 bits per heavy atom. The minimum atomic E-state index is -1.06. The molecule has 1 aliphatic carbocycles. The molecule has 1 heterocycles. The summed E-state index contributed by atoms with van der Waals surface area (Å²) < 4.78 is 0. The number of amides is 1. The van der Waals surface area contributed by atoms with Gasteiger partial charge in [0.2, 0.25) is 5.91 Å². The minimum absolute atomic E-state index is 0.0255. The Morgan fingerprint density at radius 2 is 2.05 bits per heavy atom. The highest BCUT2D eigenvalue weighted by Gasteiger charge is 2.29. The molecule has 0 saturated heterocycles. The van der Waals surface area contributed by atoms with Crippen molar-refractivity contribution in [2.24, 2.45) is 5.92 Å². The molecule has 0 atom stereocenters. The van der Waals surface area contributed by atoms with Gasteiger partial charge in [0.05, 0.1) is 0 Å². The molecule has 0 radical (unpaired) electrons. The molecule has 1 aromatic carbocycles. The third kappa shape index (κ3) is 2.27. The van der Waals surface area contributed by atoms with Crippen molar-refractivity contribution in [2.45, 2.75) is 12.8 Å². The van der Waals surface area contributed by atoms with Crippen LogP contribution in [0.5, 0.6) is 0 Å². The smallest absolute Gasteiger partial charge is 0.355 e. The summed E-state index contributed by atoms with van der Waals surface area (Å²) in [6.45, 7) is 0. The van der Waals surface area contributed by atoms with Crippen LogP contribution in [-0.2, 0) is 4.79 Å². The van der Waals surface area contributed by atoms with Crippen molar-refractivity contribution in [1.29, 1.82) is 0 Å². The summed E-state index contributed by atoms with van der Waals surface area (Å²) >= 11 is 0. The van der Waals surface area contributed by atoms with E-state index in [0.29, 0.717) is 11.1 Å². The van der Waals surface area contributed by atoms with Gasteiger partial charge in [-0.2, -0.15) is 0 Å². The summed E-state index contributed by atoms with van der Waals surface area (Å²) in [6, 6.07) is 6.88. The summed E-state index contributed by atoms with van der Waals surface area (Å²) in [4.78, 5) is 26.6. The fourth-order valence-electron chi connectivity index (χ4n) is 2.02. The molecule has 96 valence electrons. The van der Waals surface area contributed by atoms with Crippen LogP contribution >= 0.6 is 0 Å². The number of aromatic carboxylic acids is 1. The van der Waals surface area contributed by atoms with Gasteiger partial charge in [-0.3, -0.25) is 4.79 Å². The van der Waals surface area contributed by atoms with Gasteiger partial charge < -0.3 is 10.4 Å². The maximum absolute atomic E-state index is 11.7. The van der Waals surface area contributed by atoms with E-state index in [9.17, 15) is 9.59 Å². The Morgan fingerprint density at radius 3 is 2.74 bits per heavy atom. The van der Waals surface area contributed by atoms with E-state index in [2.05, 4.69) is 10.3 Å². The number of benzene rings is 1. The van der Waals surface area contributed by atoms with E-state index >= 15 is 0 Å². The third-order valence-electron chi connectivity index (χ3n) is 3.18. The molecule has 0 aliphatic heterocycles. The number of carbonyl (C=O) groups is 2. The van der Waals surface area contributed by atoms with Gasteiger partial charge in [-0.15, -0.1) is 0 Å². The molecule has 2 aromatic rings. The molecule has 0 spiro atoms. The van der Waals surface area contributed by atoms with Crippen LogP contribution in [0.25, 0.3) is 10.8 Å². The summed E-state index contributed by atoms with van der Waals surface area (Å²) in [5.74, 6) is -0.880. The monoisotopic (exact) mass is 256 g/mol. The molecule has 0 bridgehead atoms. The minimum Gasteiger partial charge on any atom is -0.476 e. The van der Waals surface area contributed by atoms with Gasteiger partial charge >= 0.3 is 5.97 Å². The first-order valence-corrected chi connectivity index (χ1v) is 6.08.